The molecule has 1 aliphatic rings. The Morgan fingerprint density at radius 2 is 1.89 bits per heavy atom. The van der Waals surface area contributed by atoms with E-state index in [1.165, 1.54) is 0 Å². The fraction of sp³-hybridized carbons (Fsp3) is 0.300. The Balaban J connectivity index is 1.49. The number of rotatable bonds is 3. The Bertz CT molecular complexity index is 1040. The molecule has 4 rings (SSSR count). The van der Waals surface area contributed by atoms with Gasteiger partial charge < -0.3 is 15.1 Å². The minimum absolute atomic E-state index is 0.110. The van der Waals surface area contributed by atoms with Crippen molar-refractivity contribution >= 4 is 28.8 Å². The van der Waals surface area contributed by atoms with Crippen molar-refractivity contribution in [3.63, 3.8) is 0 Å². The van der Waals surface area contributed by atoms with Gasteiger partial charge in [-0.2, -0.15) is 5.10 Å². The topological polar surface area (TPSA) is 82.8 Å². The van der Waals surface area contributed by atoms with Crippen LogP contribution in [-0.2, 0) is 4.79 Å². The molecule has 1 fully saturated rings. The van der Waals surface area contributed by atoms with Gasteiger partial charge in [0.1, 0.15) is 0 Å². The van der Waals surface area contributed by atoms with E-state index in [1.54, 1.807) is 29.9 Å². The van der Waals surface area contributed by atoms with E-state index in [-0.39, 0.29) is 11.8 Å². The Morgan fingerprint density at radius 1 is 1.11 bits per heavy atom. The molecule has 8 nitrogen and oxygen atoms in total. The van der Waals surface area contributed by atoms with Crippen molar-refractivity contribution in [2.45, 2.75) is 13.8 Å². The lowest BCUT2D eigenvalue weighted by Gasteiger charge is -2.35. The number of carbonyl (C=O) groups excluding carboxylic acids is 2. The third kappa shape index (κ3) is 3.53. The summed E-state index contributed by atoms with van der Waals surface area (Å²) in [5.41, 5.74) is 3.59. The number of amides is 2. The molecular formula is C20H22N6O2. The third-order valence-electron chi connectivity index (χ3n) is 5.01. The summed E-state index contributed by atoms with van der Waals surface area (Å²) in [5.74, 6) is -0.111. The average Bonchev–Trinajstić information content (AvgIpc) is 3.14. The van der Waals surface area contributed by atoms with Gasteiger partial charge >= 0.3 is 0 Å². The monoisotopic (exact) mass is 378 g/mol. The van der Waals surface area contributed by atoms with Gasteiger partial charge in [-0.15, -0.1) is 0 Å². The molecule has 3 aromatic rings. The number of aryl methyl sites for hydroxylation is 1. The lowest BCUT2D eigenvalue weighted by molar-refractivity contribution is -0.129. The molecule has 0 bridgehead atoms. The van der Waals surface area contributed by atoms with E-state index < -0.39 is 0 Å². The number of hydrogen-bond acceptors (Lipinski definition) is 5. The van der Waals surface area contributed by atoms with E-state index >= 15 is 0 Å². The first-order chi connectivity index (χ1) is 13.5. The zero-order valence-electron chi connectivity index (χ0n) is 15.9. The van der Waals surface area contributed by atoms with E-state index in [4.69, 9.17) is 0 Å². The molecule has 0 aliphatic carbocycles. The molecule has 1 saturated heterocycles. The van der Waals surface area contributed by atoms with E-state index in [0.29, 0.717) is 30.0 Å². The molecule has 8 heteroatoms. The number of nitrogens with zero attached hydrogens (tertiary/aromatic N) is 5. The summed E-state index contributed by atoms with van der Waals surface area (Å²) in [5, 5.41) is 7.09. The number of hydrogen-bond donors (Lipinski definition) is 1. The van der Waals surface area contributed by atoms with E-state index in [2.05, 4.69) is 20.3 Å². The van der Waals surface area contributed by atoms with Gasteiger partial charge in [0, 0.05) is 56.7 Å². The highest BCUT2D eigenvalue weighted by atomic mass is 16.2. The summed E-state index contributed by atoms with van der Waals surface area (Å²) in [4.78, 5) is 32.7. The minimum Gasteiger partial charge on any atom is -0.368 e. The second kappa shape index (κ2) is 7.30. The van der Waals surface area contributed by atoms with Crippen molar-refractivity contribution in [3.8, 4) is 0 Å². The molecule has 0 spiro atoms. The molecule has 2 amide bonds. The van der Waals surface area contributed by atoms with Gasteiger partial charge in [-0.1, -0.05) is 6.07 Å². The van der Waals surface area contributed by atoms with Crippen molar-refractivity contribution in [3.05, 3.63) is 54.0 Å². The largest absolute Gasteiger partial charge is 0.368 e. The molecule has 1 N–H and O–H groups in total. The van der Waals surface area contributed by atoms with Crippen LogP contribution in [0.1, 0.15) is 23.0 Å². The van der Waals surface area contributed by atoms with Gasteiger partial charge in [0.2, 0.25) is 5.91 Å². The standard InChI is InChI=1S/C20H22N6O2/c1-14-18(13-26-19(22-14)6-7-21-26)20(28)23-16-4-3-5-17(12-16)25-10-8-24(9-11-25)15(2)27/h3-7,12-13H,8-11H2,1-2H3,(H,23,28). The summed E-state index contributed by atoms with van der Waals surface area (Å²) in [6, 6.07) is 9.55. The second-order valence-electron chi connectivity index (χ2n) is 6.87. The number of benzene rings is 1. The van der Waals surface area contributed by atoms with Gasteiger partial charge in [0.25, 0.3) is 5.91 Å². The van der Waals surface area contributed by atoms with Crippen molar-refractivity contribution < 1.29 is 9.59 Å². The summed E-state index contributed by atoms with van der Waals surface area (Å²) in [7, 11) is 0. The lowest BCUT2D eigenvalue weighted by Crippen LogP contribution is -2.48. The van der Waals surface area contributed by atoms with E-state index in [9.17, 15) is 9.59 Å². The molecule has 1 aromatic carbocycles. The summed E-state index contributed by atoms with van der Waals surface area (Å²) < 4.78 is 1.59. The Morgan fingerprint density at radius 3 is 2.64 bits per heavy atom. The van der Waals surface area contributed by atoms with Crippen molar-refractivity contribution in [2.75, 3.05) is 36.4 Å². The molecule has 0 atom stereocenters. The summed E-state index contributed by atoms with van der Waals surface area (Å²) >= 11 is 0. The third-order valence-corrected chi connectivity index (χ3v) is 5.01. The predicted molar refractivity (Wildman–Crippen MR) is 107 cm³/mol. The first-order valence-electron chi connectivity index (χ1n) is 9.24. The molecule has 0 unspecified atom stereocenters. The molecule has 1 aliphatic heterocycles. The number of carbonyl (C=O) groups is 2. The van der Waals surface area contributed by atoms with Gasteiger partial charge in [0.05, 0.1) is 17.5 Å². The Kier molecular flexibility index (Phi) is 4.68. The van der Waals surface area contributed by atoms with Crippen molar-refractivity contribution in [2.24, 2.45) is 0 Å². The van der Waals surface area contributed by atoms with E-state index in [0.717, 1.165) is 24.5 Å². The lowest BCUT2D eigenvalue weighted by atomic mass is 10.2. The van der Waals surface area contributed by atoms with Crippen LogP contribution < -0.4 is 10.2 Å². The quantitative estimate of drug-likeness (QED) is 0.753. The van der Waals surface area contributed by atoms with Crippen molar-refractivity contribution in [1.29, 1.82) is 0 Å². The van der Waals surface area contributed by atoms with Gasteiger partial charge in [-0.3, -0.25) is 9.59 Å². The highest BCUT2D eigenvalue weighted by Crippen LogP contribution is 2.22. The van der Waals surface area contributed by atoms with Crippen molar-refractivity contribution in [1.82, 2.24) is 19.5 Å². The summed E-state index contributed by atoms with van der Waals surface area (Å²) in [6.07, 6.45) is 3.34. The maximum atomic E-state index is 12.8. The molecule has 0 radical (unpaired) electrons. The maximum absolute atomic E-state index is 12.8. The predicted octanol–water partition coefficient (Wildman–Crippen LogP) is 1.96. The van der Waals surface area contributed by atoms with Crippen LogP contribution in [0.3, 0.4) is 0 Å². The highest BCUT2D eigenvalue weighted by Gasteiger charge is 2.19. The Labute approximate surface area is 162 Å². The zero-order valence-corrected chi connectivity index (χ0v) is 15.9. The van der Waals surface area contributed by atoms with Crippen LogP contribution in [0, 0.1) is 6.92 Å². The van der Waals surface area contributed by atoms with Crippen LogP contribution in [0.4, 0.5) is 11.4 Å². The number of aromatic nitrogens is 3. The first kappa shape index (κ1) is 18.0. The maximum Gasteiger partial charge on any atom is 0.259 e. The van der Waals surface area contributed by atoms with E-state index in [1.807, 2.05) is 36.1 Å². The van der Waals surface area contributed by atoms with Crippen LogP contribution >= 0.6 is 0 Å². The highest BCUT2D eigenvalue weighted by molar-refractivity contribution is 6.05. The Hall–Kier alpha value is -3.42. The molecule has 144 valence electrons. The molecule has 28 heavy (non-hydrogen) atoms. The van der Waals surface area contributed by atoms with Crippen LogP contribution in [-0.4, -0.2) is 57.5 Å². The molecular weight excluding hydrogens is 356 g/mol. The van der Waals surface area contributed by atoms with Gasteiger partial charge in [-0.25, -0.2) is 9.50 Å². The molecule has 2 aromatic heterocycles. The summed E-state index contributed by atoms with van der Waals surface area (Å²) in [6.45, 7) is 6.38. The number of anilines is 2. The SMILES string of the molecule is CC(=O)N1CCN(c2cccc(NC(=O)c3cn4nccc4nc3C)c2)CC1. The van der Waals surface area contributed by atoms with Gasteiger partial charge in [0.15, 0.2) is 5.65 Å². The minimum atomic E-state index is -0.221. The second-order valence-corrected chi connectivity index (χ2v) is 6.87. The molecule has 3 heterocycles. The number of piperazine rings is 1. The van der Waals surface area contributed by atoms with Gasteiger partial charge in [-0.05, 0) is 25.1 Å². The van der Waals surface area contributed by atoms with Crippen LogP contribution in [0.2, 0.25) is 0 Å². The molecule has 0 saturated carbocycles. The number of fused-ring (bicyclic) bond motifs is 1. The first-order valence-corrected chi connectivity index (χ1v) is 9.24. The number of nitrogens with one attached hydrogen (secondary N) is 1. The fourth-order valence-corrected chi connectivity index (χ4v) is 3.42. The normalized spacial score (nSPS) is 14.4. The average molecular weight is 378 g/mol. The van der Waals surface area contributed by atoms with Crippen LogP contribution in [0.5, 0.6) is 0 Å². The fourth-order valence-electron chi connectivity index (χ4n) is 3.42. The van der Waals surface area contributed by atoms with Crippen LogP contribution in [0.25, 0.3) is 5.65 Å². The smallest absolute Gasteiger partial charge is 0.259 e. The van der Waals surface area contributed by atoms with Crippen LogP contribution in [0.15, 0.2) is 42.7 Å². The zero-order chi connectivity index (χ0) is 19.7.